The van der Waals surface area contributed by atoms with Gasteiger partial charge in [0.05, 0.1) is 15.5 Å². The smallest absolute Gasteiger partial charge is 0.343 e. The highest BCUT2D eigenvalue weighted by Crippen LogP contribution is 2.25. The summed E-state index contributed by atoms with van der Waals surface area (Å²) in [6, 6.07) is 12.4. The van der Waals surface area contributed by atoms with E-state index in [4.69, 9.17) is 16.3 Å². The van der Waals surface area contributed by atoms with Crippen LogP contribution in [0.15, 0.2) is 53.4 Å². The van der Waals surface area contributed by atoms with Crippen LogP contribution < -0.4 is 4.74 Å². The Kier molecular flexibility index (Phi) is 5.99. The molecule has 0 fully saturated rings. The maximum absolute atomic E-state index is 12.5. The van der Waals surface area contributed by atoms with Crippen LogP contribution in [-0.2, 0) is 10.0 Å². The fourth-order valence-electron chi connectivity index (χ4n) is 2.18. The summed E-state index contributed by atoms with van der Waals surface area (Å²) in [7, 11) is -3.64. The van der Waals surface area contributed by atoms with Crippen LogP contribution in [0.4, 0.5) is 0 Å². The third kappa shape index (κ3) is 3.95. The molecule has 24 heavy (non-hydrogen) atoms. The van der Waals surface area contributed by atoms with Gasteiger partial charge in [-0.25, -0.2) is 13.2 Å². The number of esters is 1. The Morgan fingerprint density at radius 3 is 2.38 bits per heavy atom. The van der Waals surface area contributed by atoms with Crippen LogP contribution in [0.5, 0.6) is 5.75 Å². The molecular weight excluding hydrogens is 350 g/mol. The topological polar surface area (TPSA) is 63.7 Å². The van der Waals surface area contributed by atoms with E-state index in [0.717, 1.165) is 0 Å². The van der Waals surface area contributed by atoms with Gasteiger partial charge in [0, 0.05) is 13.1 Å². The molecule has 0 aromatic heterocycles. The molecule has 5 nitrogen and oxygen atoms in total. The number of carbonyl (C=O) groups is 1. The maximum atomic E-state index is 12.5. The number of hydrogen-bond donors (Lipinski definition) is 0. The Morgan fingerprint density at radius 1 is 1.08 bits per heavy atom. The van der Waals surface area contributed by atoms with E-state index in [0.29, 0.717) is 18.1 Å². The first-order chi connectivity index (χ1) is 11.4. The molecule has 0 bridgehead atoms. The van der Waals surface area contributed by atoms with Gasteiger partial charge in [-0.2, -0.15) is 4.31 Å². The second kappa shape index (κ2) is 7.79. The van der Waals surface area contributed by atoms with Crippen LogP contribution >= 0.6 is 11.6 Å². The summed E-state index contributed by atoms with van der Waals surface area (Å²) >= 11 is 5.96. The van der Waals surface area contributed by atoms with Gasteiger partial charge in [-0.3, -0.25) is 0 Å². The first-order valence-corrected chi connectivity index (χ1v) is 9.28. The summed E-state index contributed by atoms with van der Waals surface area (Å²) in [5, 5.41) is 0.303. The van der Waals surface area contributed by atoms with Gasteiger partial charge in [-0.1, -0.05) is 43.6 Å². The minimum atomic E-state index is -3.64. The zero-order chi connectivity index (χ0) is 17.7. The first kappa shape index (κ1) is 18.4. The zero-order valence-electron chi connectivity index (χ0n) is 13.4. The summed E-state index contributed by atoms with van der Waals surface area (Å²) in [6.07, 6.45) is 0. The SMILES string of the molecule is CCN(CC)S(=O)(=O)c1cccc(C(=O)Oc2ccccc2Cl)c1. The van der Waals surface area contributed by atoms with Crippen molar-refractivity contribution >= 4 is 27.6 Å². The van der Waals surface area contributed by atoms with Gasteiger partial charge < -0.3 is 4.74 Å². The number of carbonyl (C=O) groups excluding carboxylic acids is 1. The zero-order valence-corrected chi connectivity index (χ0v) is 15.0. The minimum absolute atomic E-state index is 0.0554. The average Bonchev–Trinajstić information content (AvgIpc) is 2.58. The second-order valence-electron chi connectivity index (χ2n) is 4.94. The lowest BCUT2D eigenvalue weighted by Gasteiger charge is -2.18. The fourth-order valence-corrected chi connectivity index (χ4v) is 3.86. The Labute approximate surface area is 146 Å². The van der Waals surface area contributed by atoms with Crippen molar-refractivity contribution < 1.29 is 17.9 Å². The van der Waals surface area contributed by atoms with Gasteiger partial charge in [-0.15, -0.1) is 0 Å². The third-order valence-electron chi connectivity index (χ3n) is 3.45. The number of halogens is 1. The van der Waals surface area contributed by atoms with Crippen molar-refractivity contribution in [3.05, 3.63) is 59.1 Å². The summed E-state index contributed by atoms with van der Waals surface area (Å²) in [4.78, 5) is 12.3. The molecule has 0 saturated heterocycles. The lowest BCUT2D eigenvalue weighted by atomic mass is 10.2. The molecule has 0 atom stereocenters. The van der Waals surface area contributed by atoms with E-state index < -0.39 is 16.0 Å². The average molecular weight is 368 g/mol. The molecule has 0 aliphatic heterocycles. The van der Waals surface area contributed by atoms with Crippen molar-refractivity contribution in [2.45, 2.75) is 18.7 Å². The van der Waals surface area contributed by atoms with E-state index in [2.05, 4.69) is 0 Å². The van der Waals surface area contributed by atoms with Crippen molar-refractivity contribution in [3.63, 3.8) is 0 Å². The monoisotopic (exact) mass is 367 g/mol. The van der Waals surface area contributed by atoms with Crippen LogP contribution in [-0.4, -0.2) is 31.8 Å². The molecule has 0 aliphatic carbocycles. The molecule has 2 aromatic carbocycles. The molecule has 128 valence electrons. The lowest BCUT2D eigenvalue weighted by molar-refractivity contribution is 0.0734. The maximum Gasteiger partial charge on any atom is 0.343 e. The molecule has 0 amide bonds. The fraction of sp³-hybridized carbons (Fsp3) is 0.235. The van der Waals surface area contributed by atoms with E-state index in [-0.39, 0.29) is 16.2 Å². The standard InChI is InChI=1S/C17H18ClNO4S/c1-3-19(4-2)24(21,22)14-9-7-8-13(12-14)17(20)23-16-11-6-5-10-15(16)18/h5-12H,3-4H2,1-2H3. The predicted octanol–water partition coefficient (Wildman–Crippen LogP) is 3.59. The van der Waals surface area contributed by atoms with Crippen molar-refractivity contribution in [2.24, 2.45) is 0 Å². The molecule has 0 heterocycles. The molecule has 0 spiro atoms. The molecular formula is C17H18ClNO4S. The van der Waals surface area contributed by atoms with Gasteiger partial charge in [0.15, 0.2) is 0 Å². The second-order valence-corrected chi connectivity index (χ2v) is 7.28. The molecule has 7 heteroatoms. The molecule has 0 aliphatic rings. The number of rotatable bonds is 6. The van der Waals surface area contributed by atoms with Gasteiger partial charge in [0.2, 0.25) is 10.0 Å². The van der Waals surface area contributed by atoms with Gasteiger partial charge in [0.25, 0.3) is 0 Å². The van der Waals surface area contributed by atoms with Gasteiger partial charge >= 0.3 is 5.97 Å². The third-order valence-corrected chi connectivity index (χ3v) is 5.81. The number of sulfonamides is 1. The van der Waals surface area contributed by atoms with E-state index in [1.165, 1.54) is 28.6 Å². The number of hydrogen-bond acceptors (Lipinski definition) is 4. The van der Waals surface area contributed by atoms with E-state index >= 15 is 0 Å². The predicted molar refractivity (Wildman–Crippen MR) is 93.0 cm³/mol. The highest BCUT2D eigenvalue weighted by Gasteiger charge is 2.23. The van der Waals surface area contributed by atoms with Crippen molar-refractivity contribution in [1.29, 1.82) is 0 Å². The molecule has 2 aromatic rings. The molecule has 2 rings (SSSR count). The summed E-state index contributed by atoms with van der Waals surface area (Å²) in [6.45, 7) is 4.23. The van der Waals surface area contributed by atoms with Crippen LogP contribution in [0.3, 0.4) is 0 Å². The highest BCUT2D eigenvalue weighted by molar-refractivity contribution is 7.89. The molecule has 0 radical (unpaired) electrons. The normalized spacial score (nSPS) is 11.5. The minimum Gasteiger partial charge on any atom is -0.421 e. The Morgan fingerprint density at radius 2 is 1.75 bits per heavy atom. The van der Waals surface area contributed by atoms with Gasteiger partial charge in [0.1, 0.15) is 5.75 Å². The van der Waals surface area contributed by atoms with Crippen LogP contribution in [0.1, 0.15) is 24.2 Å². The molecule has 0 unspecified atom stereocenters. The summed E-state index contributed by atoms with van der Waals surface area (Å²) < 4.78 is 31.6. The van der Waals surface area contributed by atoms with E-state index in [1.807, 2.05) is 0 Å². The molecule has 0 N–H and O–H groups in total. The summed E-state index contributed by atoms with van der Waals surface area (Å²) in [5.41, 5.74) is 0.142. The Hall–Kier alpha value is -1.89. The quantitative estimate of drug-likeness (QED) is 0.578. The van der Waals surface area contributed by atoms with E-state index in [9.17, 15) is 13.2 Å². The summed E-state index contributed by atoms with van der Waals surface area (Å²) in [5.74, 6) is -0.444. The Balaban J connectivity index is 2.30. The van der Waals surface area contributed by atoms with Crippen molar-refractivity contribution in [3.8, 4) is 5.75 Å². The largest absolute Gasteiger partial charge is 0.421 e. The lowest BCUT2D eigenvalue weighted by Crippen LogP contribution is -2.30. The number of ether oxygens (including phenoxy) is 1. The van der Waals surface area contributed by atoms with Crippen molar-refractivity contribution in [1.82, 2.24) is 4.31 Å². The highest BCUT2D eigenvalue weighted by atomic mass is 35.5. The first-order valence-electron chi connectivity index (χ1n) is 7.47. The van der Waals surface area contributed by atoms with Gasteiger partial charge in [-0.05, 0) is 30.3 Å². The Bertz CT molecular complexity index is 832. The van der Waals surface area contributed by atoms with Crippen LogP contribution in [0, 0.1) is 0 Å². The number of benzene rings is 2. The van der Waals surface area contributed by atoms with Crippen molar-refractivity contribution in [2.75, 3.05) is 13.1 Å². The number of para-hydroxylation sites is 1. The molecule has 0 saturated carbocycles. The van der Waals surface area contributed by atoms with Crippen LogP contribution in [0.2, 0.25) is 5.02 Å². The van der Waals surface area contributed by atoms with Crippen LogP contribution in [0.25, 0.3) is 0 Å². The number of nitrogens with zero attached hydrogens (tertiary/aromatic N) is 1. The van der Waals surface area contributed by atoms with E-state index in [1.54, 1.807) is 38.1 Å².